The summed E-state index contributed by atoms with van der Waals surface area (Å²) in [6, 6.07) is -0.602. The molecule has 1 aliphatic carbocycles. The lowest BCUT2D eigenvalue weighted by molar-refractivity contribution is -0.145. The Kier molecular flexibility index (Phi) is 7.66. The predicted molar refractivity (Wildman–Crippen MR) is 95.8 cm³/mol. The van der Waals surface area contributed by atoms with E-state index in [1.54, 1.807) is 7.11 Å². The average molecular weight is 356 g/mol. The third-order valence-corrected chi connectivity index (χ3v) is 5.08. The lowest BCUT2D eigenvalue weighted by atomic mass is 9.79. The van der Waals surface area contributed by atoms with E-state index < -0.39 is 5.60 Å². The fourth-order valence-electron chi connectivity index (χ4n) is 3.92. The summed E-state index contributed by atoms with van der Waals surface area (Å²) in [4.78, 5) is 28.2. The Balaban J connectivity index is 3.24. The normalized spacial score (nSPS) is 26.4. The van der Waals surface area contributed by atoms with Gasteiger partial charge in [-0.15, -0.1) is 0 Å². The van der Waals surface area contributed by atoms with Gasteiger partial charge in [-0.3, -0.25) is 9.59 Å². The second kappa shape index (κ2) is 9.03. The lowest BCUT2D eigenvalue weighted by Gasteiger charge is -2.41. The van der Waals surface area contributed by atoms with Crippen molar-refractivity contribution in [1.29, 1.82) is 0 Å². The van der Waals surface area contributed by atoms with E-state index in [4.69, 9.17) is 20.9 Å². The van der Waals surface area contributed by atoms with Crippen molar-refractivity contribution in [3.05, 3.63) is 0 Å². The van der Waals surface area contributed by atoms with E-state index in [2.05, 4.69) is 17.2 Å². The van der Waals surface area contributed by atoms with E-state index in [0.29, 0.717) is 12.8 Å². The van der Waals surface area contributed by atoms with Crippen molar-refractivity contribution in [2.24, 2.45) is 28.3 Å². The van der Waals surface area contributed by atoms with Gasteiger partial charge >= 0.3 is 5.97 Å². The van der Waals surface area contributed by atoms with Crippen LogP contribution in [0.25, 0.3) is 0 Å². The second-order valence-electron chi connectivity index (χ2n) is 6.92. The van der Waals surface area contributed by atoms with Crippen LogP contribution in [-0.4, -0.2) is 49.7 Å². The number of hydrogen-bond acceptors (Lipinski definition) is 5. The van der Waals surface area contributed by atoms with E-state index >= 15 is 0 Å². The molecule has 5 atom stereocenters. The molecular weight excluding hydrogens is 324 g/mol. The first-order valence-electron chi connectivity index (χ1n) is 8.67. The first kappa shape index (κ1) is 21.2. The third kappa shape index (κ3) is 5.32. The average Bonchev–Trinajstić information content (AvgIpc) is 2.94. The van der Waals surface area contributed by atoms with Gasteiger partial charge in [0.2, 0.25) is 5.91 Å². The monoisotopic (exact) mass is 356 g/mol. The van der Waals surface area contributed by atoms with Crippen LogP contribution < -0.4 is 16.8 Å². The largest absolute Gasteiger partial charge is 0.469 e. The lowest BCUT2D eigenvalue weighted by Crippen LogP contribution is -2.57. The summed E-state index contributed by atoms with van der Waals surface area (Å²) in [6.07, 6.45) is 2.65. The topological polar surface area (TPSA) is 129 Å². The van der Waals surface area contributed by atoms with Crippen molar-refractivity contribution in [2.75, 3.05) is 14.2 Å². The number of esters is 1. The number of amides is 1. The highest BCUT2D eigenvalue weighted by Crippen LogP contribution is 2.41. The zero-order valence-corrected chi connectivity index (χ0v) is 15.9. The van der Waals surface area contributed by atoms with Crippen LogP contribution in [0.5, 0.6) is 0 Å². The molecule has 1 aliphatic rings. The van der Waals surface area contributed by atoms with Crippen molar-refractivity contribution < 1.29 is 19.1 Å². The van der Waals surface area contributed by atoms with Crippen LogP contribution in [0.4, 0.5) is 0 Å². The smallest absolute Gasteiger partial charge is 0.308 e. The van der Waals surface area contributed by atoms with E-state index in [1.807, 2.05) is 6.92 Å². The van der Waals surface area contributed by atoms with Gasteiger partial charge in [0, 0.05) is 20.0 Å². The molecule has 1 amide bonds. The van der Waals surface area contributed by atoms with Crippen molar-refractivity contribution in [1.82, 2.24) is 5.32 Å². The van der Waals surface area contributed by atoms with Gasteiger partial charge in [-0.05, 0) is 26.2 Å². The van der Waals surface area contributed by atoms with Crippen LogP contribution in [0.15, 0.2) is 4.99 Å². The quantitative estimate of drug-likeness (QED) is 0.331. The van der Waals surface area contributed by atoms with Crippen molar-refractivity contribution in [3.63, 3.8) is 0 Å². The molecule has 8 nitrogen and oxygen atoms in total. The zero-order chi connectivity index (χ0) is 19.2. The second-order valence-corrected chi connectivity index (χ2v) is 6.92. The van der Waals surface area contributed by atoms with Crippen molar-refractivity contribution in [3.8, 4) is 0 Å². The molecule has 1 fully saturated rings. The Morgan fingerprint density at radius 3 is 2.40 bits per heavy atom. The molecule has 8 heteroatoms. The summed E-state index contributed by atoms with van der Waals surface area (Å²) >= 11 is 0. The summed E-state index contributed by atoms with van der Waals surface area (Å²) in [5, 5.41) is 3.01. The molecule has 0 spiro atoms. The number of ether oxygens (including phenoxy) is 2. The number of aliphatic imine (C=N–C) groups is 1. The Hall–Kier alpha value is -1.83. The van der Waals surface area contributed by atoms with Gasteiger partial charge in [-0.1, -0.05) is 13.3 Å². The minimum Gasteiger partial charge on any atom is -0.469 e. The standard InChI is InChI=1S/C17H32N4O4/c1-6-7-17(3,25-5)14(20-10(2)22)12-8-11(15(23)24-4)9-13(12)21-16(18)19/h11-14H,6-9H2,1-5H3,(H,20,22)(H4,18,19,21)/t11-,12-,13-,14-,17+/m1/s1. The van der Waals surface area contributed by atoms with Gasteiger partial charge in [0.25, 0.3) is 0 Å². The number of nitrogens with one attached hydrogen (secondary N) is 1. The summed E-state index contributed by atoms with van der Waals surface area (Å²) in [6.45, 7) is 5.49. The number of carbonyl (C=O) groups excluding carboxylic acids is 2. The van der Waals surface area contributed by atoms with Gasteiger partial charge in [0.15, 0.2) is 5.96 Å². The summed E-state index contributed by atoms with van der Waals surface area (Å²) in [5.74, 6) is -0.908. The molecule has 144 valence electrons. The molecule has 0 aromatic rings. The zero-order valence-electron chi connectivity index (χ0n) is 15.9. The molecule has 0 radical (unpaired) electrons. The number of hydrogen-bond donors (Lipinski definition) is 3. The first-order chi connectivity index (χ1) is 11.7. The number of carbonyl (C=O) groups is 2. The SMILES string of the molecule is CCC[C@](C)(OC)[C@H](NC(C)=O)[C@@H]1C[C@@H](C(=O)OC)C[C@H]1N=C(N)N. The van der Waals surface area contributed by atoms with Gasteiger partial charge in [-0.25, -0.2) is 4.99 Å². The van der Waals surface area contributed by atoms with Crippen LogP contribution in [0.2, 0.25) is 0 Å². The highest BCUT2D eigenvalue weighted by molar-refractivity contribution is 5.77. The molecule has 5 N–H and O–H groups in total. The minimum atomic E-state index is -0.590. The number of methoxy groups -OCH3 is 2. The Bertz CT molecular complexity index is 507. The molecule has 0 aromatic heterocycles. The Morgan fingerprint density at radius 2 is 1.96 bits per heavy atom. The van der Waals surface area contributed by atoms with E-state index in [1.165, 1.54) is 14.0 Å². The molecule has 25 heavy (non-hydrogen) atoms. The van der Waals surface area contributed by atoms with Crippen LogP contribution in [0, 0.1) is 11.8 Å². The number of rotatable bonds is 8. The maximum Gasteiger partial charge on any atom is 0.308 e. The maximum absolute atomic E-state index is 12.0. The number of nitrogens with zero attached hydrogens (tertiary/aromatic N) is 1. The van der Waals surface area contributed by atoms with E-state index in [9.17, 15) is 9.59 Å². The summed E-state index contributed by atoms with van der Waals surface area (Å²) in [5.41, 5.74) is 10.6. The maximum atomic E-state index is 12.0. The molecule has 0 aliphatic heterocycles. The molecule has 0 saturated heterocycles. The minimum absolute atomic E-state index is 0.0308. The molecular formula is C17H32N4O4. The van der Waals surface area contributed by atoms with E-state index in [0.717, 1.165) is 12.8 Å². The molecule has 0 unspecified atom stereocenters. The predicted octanol–water partition coefficient (Wildman–Crippen LogP) is 0.538. The Morgan fingerprint density at radius 1 is 1.32 bits per heavy atom. The van der Waals surface area contributed by atoms with Crippen LogP contribution in [-0.2, 0) is 19.1 Å². The third-order valence-electron chi connectivity index (χ3n) is 5.08. The molecule has 1 rings (SSSR count). The van der Waals surface area contributed by atoms with Crippen LogP contribution in [0.3, 0.4) is 0 Å². The Labute approximate surface area is 149 Å². The van der Waals surface area contributed by atoms with Crippen LogP contribution >= 0.6 is 0 Å². The fourth-order valence-corrected chi connectivity index (χ4v) is 3.92. The summed E-state index contributed by atoms with van der Waals surface area (Å²) < 4.78 is 10.7. The number of guanidine groups is 1. The van der Waals surface area contributed by atoms with Gasteiger partial charge < -0.3 is 26.3 Å². The van der Waals surface area contributed by atoms with Crippen molar-refractivity contribution in [2.45, 2.75) is 64.1 Å². The van der Waals surface area contributed by atoms with Gasteiger partial charge in [0.05, 0.1) is 30.7 Å². The highest BCUT2D eigenvalue weighted by Gasteiger charge is 2.49. The molecule has 0 bridgehead atoms. The van der Waals surface area contributed by atoms with Crippen molar-refractivity contribution >= 4 is 17.8 Å². The first-order valence-corrected chi connectivity index (χ1v) is 8.67. The van der Waals surface area contributed by atoms with Gasteiger partial charge in [0.1, 0.15) is 0 Å². The fraction of sp³-hybridized carbons (Fsp3) is 0.824. The molecule has 1 saturated carbocycles. The molecule has 0 heterocycles. The van der Waals surface area contributed by atoms with Gasteiger partial charge in [-0.2, -0.15) is 0 Å². The molecule has 0 aromatic carbocycles. The number of nitrogens with two attached hydrogens (primary N) is 2. The van der Waals surface area contributed by atoms with E-state index in [-0.39, 0.29) is 41.8 Å². The highest BCUT2D eigenvalue weighted by atomic mass is 16.5. The van der Waals surface area contributed by atoms with Crippen LogP contribution in [0.1, 0.15) is 46.5 Å². The summed E-state index contributed by atoms with van der Waals surface area (Å²) in [7, 11) is 3.00.